The number of rotatable bonds is 10. The van der Waals surface area contributed by atoms with E-state index in [1.807, 2.05) is 36.4 Å². The second kappa shape index (κ2) is 13.2. The van der Waals surface area contributed by atoms with Crippen molar-refractivity contribution in [1.29, 1.82) is 0 Å². The number of benzene rings is 4. The van der Waals surface area contributed by atoms with Gasteiger partial charge in [0.15, 0.2) is 5.96 Å². The predicted molar refractivity (Wildman–Crippen MR) is 154 cm³/mol. The highest BCUT2D eigenvalue weighted by Gasteiger charge is 2.25. The second-order valence-electron chi connectivity index (χ2n) is 8.63. The molecule has 0 aliphatic carbocycles. The highest BCUT2D eigenvalue weighted by molar-refractivity contribution is 7.85. The third-order valence-electron chi connectivity index (χ3n) is 5.84. The minimum atomic E-state index is -1.74. The molecule has 0 aromatic heterocycles. The van der Waals surface area contributed by atoms with E-state index in [0.717, 1.165) is 5.56 Å². The van der Waals surface area contributed by atoms with E-state index >= 15 is 0 Å². The predicted octanol–water partition coefficient (Wildman–Crippen LogP) is 5.19. The van der Waals surface area contributed by atoms with Gasteiger partial charge in [0, 0.05) is 11.3 Å². The number of aliphatic carboxylic acids is 1. The number of nitrogens with zero attached hydrogens (tertiary/aromatic N) is 1. The number of hydrogen-bond acceptors (Lipinski definition) is 4. The smallest absolute Gasteiger partial charge is 0.304 e. The fourth-order valence-electron chi connectivity index (χ4n) is 3.89. The van der Waals surface area contributed by atoms with E-state index in [4.69, 9.17) is 5.73 Å². The standard InChI is InChI=1S/C30H28N4O4S/c31-30(32-20-21-9-3-1-4-10-21)33-24-17-15-23(16-18-24)29(37)34-25-13-7-8-14-26(25)39(38)27(19-28(35)36)22-11-5-2-6-12-22/h1-18,27H,19-20H2,(H,34,37)(H,35,36)(H3,31,32,33). The van der Waals surface area contributed by atoms with Gasteiger partial charge in [-0.25, -0.2) is 4.99 Å². The molecule has 39 heavy (non-hydrogen) atoms. The number of hydrogen-bond donors (Lipinski definition) is 4. The molecule has 198 valence electrons. The first kappa shape index (κ1) is 27.3. The Kier molecular flexibility index (Phi) is 9.20. The lowest BCUT2D eigenvalue weighted by molar-refractivity contribution is -0.137. The molecule has 0 heterocycles. The largest absolute Gasteiger partial charge is 0.481 e. The summed E-state index contributed by atoms with van der Waals surface area (Å²) in [6.07, 6.45) is -0.314. The summed E-state index contributed by atoms with van der Waals surface area (Å²) in [4.78, 5) is 29.2. The first-order valence-electron chi connectivity index (χ1n) is 12.2. The van der Waals surface area contributed by atoms with E-state index in [-0.39, 0.29) is 12.4 Å². The summed E-state index contributed by atoms with van der Waals surface area (Å²) in [7, 11) is -1.74. The Bertz CT molecular complexity index is 1480. The van der Waals surface area contributed by atoms with Crippen LogP contribution in [0.3, 0.4) is 0 Å². The molecule has 9 heteroatoms. The third kappa shape index (κ3) is 7.62. The van der Waals surface area contributed by atoms with Crippen LogP contribution in [-0.4, -0.2) is 27.2 Å². The summed E-state index contributed by atoms with van der Waals surface area (Å²) < 4.78 is 13.6. The van der Waals surface area contributed by atoms with Gasteiger partial charge in [-0.15, -0.1) is 0 Å². The van der Waals surface area contributed by atoms with Gasteiger partial charge in [-0.2, -0.15) is 0 Å². The fraction of sp³-hybridized carbons (Fsp3) is 0.100. The van der Waals surface area contributed by atoms with Crippen LogP contribution in [0.5, 0.6) is 0 Å². The SMILES string of the molecule is NC(=NCc1ccccc1)Nc1ccc(C(=O)Nc2ccccc2S(=O)C(CC(=O)O)c2ccccc2)cc1. The van der Waals surface area contributed by atoms with Crippen molar-refractivity contribution >= 4 is 40.0 Å². The Morgan fingerprint density at radius 3 is 2.10 bits per heavy atom. The lowest BCUT2D eigenvalue weighted by Gasteiger charge is -2.18. The molecule has 2 atom stereocenters. The molecule has 4 aromatic rings. The zero-order valence-corrected chi connectivity index (χ0v) is 21.8. The van der Waals surface area contributed by atoms with Gasteiger partial charge in [0.2, 0.25) is 0 Å². The summed E-state index contributed by atoms with van der Waals surface area (Å²) in [5.74, 6) is -1.20. The van der Waals surface area contributed by atoms with Crippen LogP contribution < -0.4 is 16.4 Å². The lowest BCUT2D eigenvalue weighted by atomic mass is 10.1. The summed E-state index contributed by atoms with van der Waals surface area (Å²) >= 11 is 0. The van der Waals surface area contributed by atoms with E-state index in [1.165, 1.54) is 0 Å². The Morgan fingerprint density at radius 1 is 0.821 bits per heavy atom. The number of aliphatic imine (C=N–C) groups is 1. The minimum absolute atomic E-state index is 0.252. The number of para-hydroxylation sites is 1. The summed E-state index contributed by atoms with van der Waals surface area (Å²) in [6, 6.07) is 32.0. The molecule has 0 fully saturated rings. The van der Waals surface area contributed by atoms with Crippen LogP contribution in [0.1, 0.15) is 33.2 Å². The number of carboxylic acid groups (broad SMARTS) is 1. The van der Waals surface area contributed by atoms with Crippen molar-refractivity contribution in [2.75, 3.05) is 10.6 Å². The van der Waals surface area contributed by atoms with Gasteiger partial charge < -0.3 is 21.5 Å². The number of carbonyl (C=O) groups excluding carboxylic acids is 1. The van der Waals surface area contributed by atoms with Crippen LogP contribution in [0.15, 0.2) is 119 Å². The Morgan fingerprint density at radius 2 is 1.44 bits per heavy atom. The van der Waals surface area contributed by atoms with Gasteiger partial charge >= 0.3 is 5.97 Å². The highest BCUT2D eigenvalue weighted by Crippen LogP contribution is 2.32. The summed E-state index contributed by atoms with van der Waals surface area (Å²) in [6.45, 7) is 0.443. The number of carbonyl (C=O) groups is 2. The number of guanidine groups is 1. The Labute approximate surface area is 229 Å². The first-order valence-corrected chi connectivity index (χ1v) is 13.4. The van der Waals surface area contributed by atoms with Gasteiger partial charge in [0.25, 0.3) is 5.91 Å². The number of carboxylic acids is 1. The lowest BCUT2D eigenvalue weighted by Crippen LogP contribution is -2.22. The molecule has 8 nitrogen and oxygen atoms in total. The Balaban J connectivity index is 1.45. The molecule has 5 N–H and O–H groups in total. The highest BCUT2D eigenvalue weighted by atomic mass is 32.2. The zero-order valence-electron chi connectivity index (χ0n) is 21.0. The summed E-state index contributed by atoms with van der Waals surface area (Å²) in [5.41, 5.74) is 9.07. The Hall–Kier alpha value is -4.76. The van der Waals surface area contributed by atoms with Crippen LogP contribution in [0, 0.1) is 0 Å². The van der Waals surface area contributed by atoms with E-state index in [2.05, 4.69) is 15.6 Å². The van der Waals surface area contributed by atoms with Gasteiger partial charge in [-0.1, -0.05) is 72.8 Å². The van der Waals surface area contributed by atoms with E-state index in [0.29, 0.717) is 33.9 Å². The maximum atomic E-state index is 13.6. The second-order valence-corrected chi connectivity index (χ2v) is 10.2. The van der Waals surface area contributed by atoms with Crippen molar-refractivity contribution in [3.8, 4) is 0 Å². The number of anilines is 2. The molecule has 0 aliphatic heterocycles. The van der Waals surface area contributed by atoms with Crippen molar-refractivity contribution in [1.82, 2.24) is 0 Å². The van der Waals surface area contributed by atoms with Crippen molar-refractivity contribution in [3.63, 3.8) is 0 Å². The maximum absolute atomic E-state index is 13.6. The van der Waals surface area contributed by atoms with Crippen molar-refractivity contribution in [2.24, 2.45) is 10.7 Å². The molecule has 0 spiro atoms. The van der Waals surface area contributed by atoms with Gasteiger partial charge in [-0.05, 0) is 47.5 Å². The quantitative estimate of drug-likeness (QED) is 0.162. The van der Waals surface area contributed by atoms with E-state index in [9.17, 15) is 18.9 Å². The maximum Gasteiger partial charge on any atom is 0.304 e. The van der Waals surface area contributed by atoms with Crippen molar-refractivity contribution in [3.05, 3.63) is 126 Å². The number of nitrogens with one attached hydrogen (secondary N) is 2. The molecular weight excluding hydrogens is 512 g/mol. The molecule has 1 amide bonds. The van der Waals surface area contributed by atoms with Crippen LogP contribution in [0.25, 0.3) is 0 Å². The molecule has 0 saturated carbocycles. The molecule has 0 saturated heterocycles. The first-order chi connectivity index (χ1) is 18.9. The number of nitrogens with two attached hydrogens (primary N) is 1. The summed E-state index contributed by atoms with van der Waals surface area (Å²) in [5, 5.41) is 14.5. The molecule has 2 unspecified atom stereocenters. The van der Waals surface area contributed by atoms with Gasteiger partial charge in [0.1, 0.15) is 0 Å². The van der Waals surface area contributed by atoms with Crippen molar-refractivity contribution < 1.29 is 18.9 Å². The fourth-order valence-corrected chi connectivity index (χ4v) is 5.44. The zero-order chi connectivity index (χ0) is 27.6. The average Bonchev–Trinajstić information content (AvgIpc) is 2.96. The topological polar surface area (TPSA) is 134 Å². The monoisotopic (exact) mass is 540 g/mol. The molecule has 0 radical (unpaired) electrons. The molecule has 4 aromatic carbocycles. The molecule has 4 rings (SSSR count). The third-order valence-corrected chi connectivity index (χ3v) is 7.58. The van der Waals surface area contributed by atoms with Crippen LogP contribution in [-0.2, 0) is 22.1 Å². The average molecular weight is 541 g/mol. The van der Waals surface area contributed by atoms with Crippen LogP contribution >= 0.6 is 0 Å². The van der Waals surface area contributed by atoms with E-state index < -0.39 is 27.9 Å². The molecule has 0 bridgehead atoms. The van der Waals surface area contributed by atoms with Crippen LogP contribution in [0.4, 0.5) is 11.4 Å². The van der Waals surface area contributed by atoms with Gasteiger partial charge in [0.05, 0.1) is 39.6 Å². The van der Waals surface area contributed by atoms with Crippen LogP contribution in [0.2, 0.25) is 0 Å². The molecular formula is C30H28N4O4S. The molecule has 0 aliphatic rings. The number of amides is 1. The minimum Gasteiger partial charge on any atom is -0.481 e. The van der Waals surface area contributed by atoms with Crippen molar-refractivity contribution in [2.45, 2.75) is 23.1 Å². The van der Waals surface area contributed by atoms with E-state index in [1.54, 1.807) is 72.8 Å². The van der Waals surface area contributed by atoms with Gasteiger partial charge in [-0.3, -0.25) is 13.8 Å². The normalized spacial score (nSPS) is 12.8.